The average Bonchev–Trinajstić information content (AvgIpc) is 3.08. The van der Waals surface area contributed by atoms with Gasteiger partial charge in [-0.2, -0.15) is 13.2 Å². The predicted molar refractivity (Wildman–Crippen MR) is 97.3 cm³/mol. The first-order valence-corrected chi connectivity index (χ1v) is 8.89. The SMILES string of the molecule is COc1ccc(C)cc1C(=O)NC1CCC[C@@H]1Nc1cnc(C(F)(F)F)cn1. The second kappa shape index (κ2) is 8.04. The lowest BCUT2D eigenvalue weighted by molar-refractivity contribution is -0.141. The summed E-state index contributed by atoms with van der Waals surface area (Å²) >= 11 is 0. The molecule has 1 amide bonds. The average molecular weight is 394 g/mol. The number of halogens is 3. The van der Waals surface area contributed by atoms with Crippen LogP contribution in [0.15, 0.2) is 30.6 Å². The van der Waals surface area contributed by atoms with Crippen LogP contribution in [0.1, 0.15) is 40.9 Å². The highest BCUT2D eigenvalue weighted by atomic mass is 19.4. The second-order valence-electron chi connectivity index (χ2n) is 6.75. The number of carbonyl (C=O) groups is 1. The Morgan fingerprint density at radius 1 is 1.18 bits per heavy atom. The fraction of sp³-hybridized carbons (Fsp3) is 0.421. The third-order valence-electron chi connectivity index (χ3n) is 4.71. The molecule has 2 atom stereocenters. The van der Waals surface area contributed by atoms with E-state index in [2.05, 4.69) is 20.6 Å². The molecule has 1 unspecified atom stereocenters. The van der Waals surface area contributed by atoms with E-state index < -0.39 is 11.9 Å². The van der Waals surface area contributed by atoms with E-state index in [0.717, 1.165) is 31.0 Å². The second-order valence-corrected chi connectivity index (χ2v) is 6.75. The number of methoxy groups -OCH3 is 1. The summed E-state index contributed by atoms with van der Waals surface area (Å²) in [4.78, 5) is 19.9. The van der Waals surface area contributed by atoms with Gasteiger partial charge in [-0.15, -0.1) is 0 Å². The lowest BCUT2D eigenvalue weighted by atomic mass is 10.1. The van der Waals surface area contributed by atoms with E-state index >= 15 is 0 Å². The molecular formula is C19H21F3N4O2. The number of nitrogens with zero attached hydrogens (tertiary/aromatic N) is 2. The number of aryl methyl sites for hydroxylation is 1. The molecule has 1 saturated carbocycles. The minimum atomic E-state index is -4.53. The molecular weight excluding hydrogens is 373 g/mol. The van der Waals surface area contributed by atoms with Gasteiger partial charge in [-0.3, -0.25) is 4.79 Å². The van der Waals surface area contributed by atoms with E-state index in [-0.39, 0.29) is 23.8 Å². The molecule has 1 fully saturated rings. The van der Waals surface area contributed by atoms with Gasteiger partial charge in [0.2, 0.25) is 0 Å². The zero-order valence-electron chi connectivity index (χ0n) is 15.5. The summed E-state index contributed by atoms with van der Waals surface area (Å²) in [7, 11) is 1.50. The molecule has 1 aromatic heterocycles. The number of anilines is 1. The fourth-order valence-corrected chi connectivity index (χ4v) is 3.29. The van der Waals surface area contributed by atoms with Crippen molar-refractivity contribution in [2.75, 3.05) is 12.4 Å². The molecule has 9 heteroatoms. The Balaban J connectivity index is 1.68. The van der Waals surface area contributed by atoms with E-state index in [0.29, 0.717) is 17.5 Å². The van der Waals surface area contributed by atoms with Crippen LogP contribution in [-0.4, -0.2) is 35.1 Å². The third kappa shape index (κ3) is 4.52. The van der Waals surface area contributed by atoms with Crippen molar-refractivity contribution in [3.05, 3.63) is 47.4 Å². The van der Waals surface area contributed by atoms with Crippen molar-refractivity contribution in [2.45, 2.75) is 44.4 Å². The summed E-state index contributed by atoms with van der Waals surface area (Å²) in [5.41, 5.74) is 0.343. The maximum absolute atomic E-state index is 12.7. The van der Waals surface area contributed by atoms with Crippen LogP contribution in [0.2, 0.25) is 0 Å². The Bertz CT molecular complexity index is 840. The third-order valence-corrected chi connectivity index (χ3v) is 4.71. The van der Waals surface area contributed by atoms with Crippen LogP contribution in [0.25, 0.3) is 0 Å². The largest absolute Gasteiger partial charge is 0.496 e. The minimum Gasteiger partial charge on any atom is -0.496 e. The topological polar surface area (TPSA) is 76.1 Å². The van der Waals surface area contributed by atoms with E-state index in [1.807, 2.05) is 13.0 Å². The molecule has 0 bridgehead atoms. The van der Waals surface area contributed by atoms with Crippen molar-refractivity contribution in [1.82, 2.24) is 15.3 Å². The molecule has 3 rings (SSSR count). The smallest absolute Gasteiger partial charge is 0.434 e. The number of hydrogen-bond donors (Lipinski definition) is 2. The maximum atomic E-state index is 12.7. The Kier molecular flexibility index (Phi) is 5.71. The Morgan fingerprint density at radius 3 is 2.57 bits per heavy atom. The minimum absolute atomic E-state index is 0.147. The normalized spacial score (nSPS) is 19.3. The molecule has 1 aliphatic rings. The maximum Gasteiger partial charge on any atom is 0.434 e. The van der Waals surface area contributed by atoms with Crippen molar-refractivity contribution >= 4 is 11.7 Å². The van der Waals surface area contributed by atoms with Crippen molar-refractivity contribution < 1.29 is 22.7 Å². The number of carbonyl (C=O) groups excluding carboxylic acids is 1. The van der Waals surface area contributed by atoms with Crippen LogP contribution in [0.5, 0.6) is 5.75 Å². The molecule has 1 aliphatic carbocycles. The van der Waals surface area contributed by atoms with Gasteiger partial charge in [0, 0.05) is 12.1 Å². The van der Waals surface area contributed by atoms with E-state index in [1.54, 1.807) is 12.1 Å². The van der Waals surface area contributed by atoms with Gasteiger partial charge < -0.3 is 15.4 Å². The van der Waals surface area contributed by atoms with Gasteiger partial charge in [0.1, 0.15) is 11.6 Å². The summed E-state index contributed by atoms with van der Waals surface area (Å²) in [6.45, 7) is 1.89. The molecule has 28 heavy (non-hydrogen) atoms. The number of benzene rings is 1. The van der Waals surface area contributed by atoms with Gasteiger partial charge >= 0.3 is 6.18 Å². The first-order valence-electron chi connectivity index (χ1n) is 8.89. The zero-order chi connectivity index (χ0) is 20.3. The quantitative estimate of drug-likeness (QED) is 0.811. The molecule has 150 valence electrons. The van der Waals surface area contributed by atoms with E-state index in [9.17, 15) is 18.0 Å². The van der Waals surface area contributed by atoms with E-state index in [4.69, 9.17) is 4.74 Å². The van der Waals surface area contributed by atoms with Crippen molar-refractivity contribution in [2.24, 2.45) is 0 Å². The Hall–Kier alpha value is -2.84. The standard InChI is InChI=1S/C19H21F3N4O2/c1-11-6-7-15(28-2)12(8-11)18(27)26-14-5-3-4-13(14)25-17-10-23-16(9-24-17)19(20,21)22/h6-10,13-14H,3-5H2,1-2H3,(H,24,25)(H,26,27)/t13-,14?/m0/s1. The first kappa shape index (κ1) is 19.9. The van der Waals surface area contributed by atoms with Gasteiger partial charge in [-0.1, -0.05) is 11.6 Å². The summed E-state index contributed by atoms with van der Waals surface area (Å²) in [5, 5.41) is 6.07. The number of ether oxygens (including phenoxy) is 1. The summed E-state index contributed by atoms with van der Waals surface area (Å²) in [5.74, 6) is 0.476. The molecule has 0 spiro atoms. The van der Waals surface area contributed by atoms with Crippen molar-refractivity contribution in [1.29, 1.82) is 0 Å². The summed E-state index contributed by atoms with van der Waals surface area (Å²) < 4.78 is 43.1. The molecule has 6 nitrogen and oxygen atoms in total. The highest BCUT2D eigenvalue weighted by Crippen LogP contribution is 2.28. The highest BCUT2D eigenvalue weighted by molar-refractivity contribution is 5.97. The van der Waals surface area contributed by atoms with Gasteiger partial charge in [0.15, 0.2) is 5.69 Å². The van der Waals surface area contributed by atoms with Crippen LogP contribution in [-0.2, 0) is 6.18 Å². The molecule has 0 aliphatic heterocycles. The van der Waals surface area contributed by atoms with Gasteiger partial charge in [-0.05, 0) is 38.3 Å². The summed E-state index contributed by atoms with van der Waals surface area (Å²) in [6.07, 6.45) is -0.375. The molecule has 0 saturated heterocycles. The molecule has 2 aromatic rings. The van der Waals surface area contributed by atoms with Gasteiger partial charge in [0.05, 0.1) is 25.1 Å². The zero-order valence-corrected chi connectivity index (χ0v) is 15.5. The highest BCUT2D eigenvalue weighted by Gasteiger charge is 2.33. The van der Waals surface area contributed by atoms with Crippen molar-refractivity contribution in [3.63, 3.8) is 0 Å². The van der Waals surface area contributed by atoms with Crippen LogP contribution in [0.3, 0.4) is 0 Å². The van der Waals surface area contributed by atoms with Crippen LogP contribution in [0.4, 0.5) is 19.0 Å². The summed E-state index contributed by atoms with van der Waals surface area (Å²) in [6, 6.07) is 5.03. The van der Waals surface area contributed by atoms with Gasteiger partial charge in [-0.25, -0.2) is 9.97 Å². The first-order chi connectivity index (χ1) is 13.3. The molecule has 1 heterocycles. The fourth-order valence-electron chi connectivity index (χ4n) is 3.29. The number of rotatable bonds is 5. The van der Waals surface area contributed by atoms with Crippen molar-refractivity contribution in [3.8, 4) is 5.75 Å². The molecule has 2 N–H and O–H groups in total. The Labute approximate surface area is 160 Å². The van der Waals surface area contributed by atoms with Gasteiger partial charge in [0.25, 0.3) is 5.91 Å². The van der Waals surface area contributed by atoms with E-state index in [1.165, 1.54) is 7.11 Å². The lowest BCUT2D eigenvalue weighted by Crippen LogP contribution is -2.43. The lowest BCUT2D eigenvalue weighted by Gasteiger charge is -2.23. The van der Waals surface area contributed by atoms with Crippen LogP contribution >= 0.6 is 0 Å². The van der Waals surface area contributed by atoms with Crippen LogP contribution in [0, 0.1) is 6.92 Å². The number of hydrogen-bond acceptors (Lipinski definition) is 5. The monoisotopic (exact) mass is 394 g/mol. The number of amides is 1. The number of nitrogens with one attached hydrogen (secondary N) is 2. The molecule has 1 aromatic carbocycles. The van der Waals surface area contributed by atoms with Crippen LogP contribution < -0.4 is 15.4 Å². The predicted octanol–water partition coefficient (Wildman–Crippen LogP) is 3.58. The molecule has 0 radical (unpaired) electrons. The number of alkyl halides is 3. The number of aromatic nitrogens is 2. The Morgan fingerprint density at radius 2 is 1.93 bits per heavy atom.